The molecule has 0 bridgehead atoms. The van der Waals surface area contributed by atoms with Crippen LogP contribution >= 0.6 is 11.3 Å². The highest BCUT2D eigenvalue weighted by atomic mass is 32.1. The lowest BCUT2D eigenvalue weighted by atomic mass is 10.3. The Morgan fingerprint density at radius 3 is 3.24 bits per heavy atom. The van der Waals surface area contributed by atoms with E-state index >= 15 is 0 Å². The van der Waals surface area contributed by atoms with E-state index in [1.807, 2.05) is 0 Å². The molecule has 0 aliphatic carbocycles. The number of nitrogens with two attached hydrogens (primary N) is 1. The van der Waals surface area contributed by atoms with Crippen LogP contribution in [0.1, 0.15) is 16.7 Å². The van der Waals surface area contributed by atoms with Gasteiger partial charge in [0.15, 0.2) is 0 Å². The molecule has 2 N–H and O–H groups in total. The summed E-state index contributed by atoms with van der Waals surface area (Å²) < 4.78 is 5.53. The van der Waals surface area contributed by atoms with E-state index in [0.717, 1.165) is 31.1 Å². The van der Waals surface area contributed by atoms with Gasteiger partial charge >= 0.3 is 0 Å². The average molecular weight is 250 g/mol. The number of hydrogen-bond donors (Lipinski definition) is 1. The highest BCUT2D eigenvalue weighted by Crippen LogP contribution is 2.18. The number of rotatable bonds is 2. The minimum absolute atomic E-state index is 0.347. The third-order valence-corrected chi connectivity index (χ3v) is 3.67. The van der Waals surface area contributed by atoms with Crippen LogP contribution < -0.4 is 5.73 Å². The Morgan fingerprint density at radius 1 is 1.59 bits per heavy atom. The molecule has 1 fully saturated rings. The third-order valence-electron chi connectivity index (χ3n) is 2.68. The molecule has 3 nitrogen and oxygen atoms in total. The van der Waals surface area contributed by atoms with Crippen LogP contribution in [-0.4, -0.2) is 37.2 Å². The second-order valence-electron chi connectivity index (χ2n) is 4.19. The summed E-state index contributed by atoms with van der Waals surface area (Å²) in [5.41, 5.74) is 5.36. The van der Waals surface area contributed by atoms with Gasteiger partial charge in [-0.25, -0.2) is 0 Å². The van der Waals surface area contributed by atoms with Crippen LogP contribution in [0.15, 0.2) is 12.1 Å². The van der Waals surface area contributed by atoms with Crippen molar-refractivity contribution in [3.63, 3.8) is 0 Å². The summed E-state index contributed by atoms with van der Waals surface area (Å²) in [5, 5.41) is 0. The minimum Gasteiger partial charge on any atom is -0.376 e. The van der Waals surface area contributed by atoms with Crippen LogP contribution in [0.25, 0.3) is 0 Å². The van der Waals surface area contributed by atoms with Crippen molar-refractivity contribution in [2.75, 3.05) is 26.2 Å². The zero-order valence-electron chi connectivity index (χ0n) is 10.1. The van der Waals surface area contributed by atoms with E-state index in [1.54, 1.807) is 11.3 Å². The standard InChI is InChI=1S/C13H18N2OS/c1-11-9-15(7-8-16-11)10-13-5-4-12(17-13)3-2-6-14/h4-5,11H,6-10,14H2,1H3. The predicted molar refractivity (Wildman–Crippen MR) is 70.9 cm³/mol. The molecule has 92 valence electrons. The van der Waals surface area contributed by atoms with Crippen LogP contribution in [0.4, 0.5) is 0 Å². The van der Waals surface area contributed by atoms with Crippen LogP contribution in [0.3, 0.4) is 0 Å². The van der Waals surface area contributed by atoms with Gasteiger partial charge in [-0.2, -0.15) is 0 Å². The molecule has 1 aromatic rings. The van der Waals surface area contributed by atoms with E-state index in [-0.39, 0.29) is 0 Å². The zero-order chi connectivity index (χ0) is 12.1. The number of thiophene rings is 1. The maximum atomic E-state index is 5.53. The zero-order valence-corrected chi connectivity index (χ0v) is 10.9. The van der Waals surface area contributed by atoms with E-state index in [0.29, 0.717) is 12.6 Å². The minimum atomic E-state index is 0.347. The topological polar surface area (TPSA) is 38.5 Å². The van der Waals surface area contributed by atoms with Gasteiger partial charge in [-0.05, 0) is 19.1 Å². The molecule has 1 aliphatic rings. The van der Waals surface area contributed by atoms with Gasteiger partial charge in [0.1, 0.15) is 0 Å². The monoisotopic (exact) mass is 250 g/mol. The van der Waals surface area contributed by atoms with Crippen molar-refractivity contribution in [3.8, 4) is 11.8 Å². The molecule has 0 spiro atoms. The molecule has 0 radical (unpaired) electrons. The molecule has 4 heteroatoms. The molecule has 0 saturated carbocycles. The summed E-state index contributed by atoms with van der Waals surface area (Å²) in [6.07, 6.45) is 0.347. The largest absolute Gasteiger partial charge is 0.376 e. The highest BCUT2D eigenvalue weighted by molar-refractivity contribution is 7.12. The highest BCUT2D eigenvalue weighted by Gasteiger charge is 2.16. The molecule has 17 heavy (non-hydrogen) atoms. The lowest BCUT2D eigenvalue weighted by Gasteiger charge is -2.30. The maximum Gasteiger partial charge on any atom is 0.0772 e. The third kappa shape index (κ3) is 3.83. The predicted octanol–water partition coefficient (Wildman–Crippen LogP) is 1.28. The SMILES string of the molecule is CC1CN(Cc2ccc(C#CCN)s2)CCO1. The summed E-state index contributed by atoms with van der Waals surface area (Å²) in [4.78, 5) is 4.90. The Kier molecular flexibility index (Phi) is 4.57. The Morgan fingerprint density at radius 2 is 2.47 bits per heavy atom. The van der Waals surface area contributed by atoms with Gasteiger partial charge in [-0.1, -0.05) is 11.8 Å². The van der Waals surface area contributed by atoms with Crippen LogP contribution in [-0.2, 0) is 11.3 Å². The fourth-order valence-corrected chi connectivity index (χ4v) is 2.85. The van der Waals surface area contributed by atoms with Crippen molar-refractivity contribution in [1.82, 2.24) is 4.90 Å². The number of nitrogens with zero attached hydrogens (tertiary/aromatic N) is 1. The quantitative estimate of drug-likeness (QED) is 0.804. The smallest absolute Gasteiger partial charge is 0.0772 e. The summed E-state index contributed by atoms with van der Waals surface area (Å²) in [7, 11) is 0. The fraction of sp³-hybridized carbons (Fsp3) is 0.538. The molecule has 1 saturated heterocycles. The van der Waals surface area contributed by atoms with E-state index in [4.69, 9.17) is 10.5 Å². The van der Waals surface area contributed by atoms with Gasteiger partial charge in [0.25, 0.3) is 0 Å². The second kappa shape index (κ2) is 6.18. The number of morpholine rings is 1. The molecule has 2 heterocycles. The van der Waals surface area contributed by atoms with Crippen LogP contribution in [0, 0.1) is 11.8 Å². The van der Waals surface area contributed by atoms with E-state index in [1.165, 1.54) is 4.88 Å². The Balaban J connectivity index is 1.92. The molecule has 1 aromatic heterocycles. The molecule has 0 amide bonds. The molecule has 2 rings (SSSR count). The van der Waals surface area contributed by atoms with Gasteiger partial charge in [0.05, 0.1) is 24.1 Å². The Hall–Kier alpha value is -0.860. The van der Waals surface area contributed by atoms with Crippen molar-refractivity contribution in [1.29, 1.82) is 0 Å². The molecular formula is C13H18N2OS. The van der Waals surface area contributed by atoms with Gasteiger partial charge < -0.3 is 10.5 Å². The molecule has 0 aromatic carbocycles. The van der Waals surface area contributed by atoms with E-state index in [2.05, 4.69) is 35.8 Å². The first kappa shape index (κ1) is 12.6. The summed E-state index contributed by atoms with van der Waals surface area (Å²) >= 11 is 1.76. The normalized spacial score (nSPS) is 20.9. The summed E-state index contributed by atoms with van der Waals surface area (Å²) in [6, 6.07) is 4.23. The lowest BCUT2D eigenvalue weighted by molar-refractivity contribution is -0.0208. The molecule has 1 aliphatic heterocycles. The van der Waals surface area contributed by atoms with Gasteiger partial charge in [0.2, 0.25) is 0 Å². The van der Waals surface area contributed by atoms with Crippen LogP contribution in [0.2, 0.25) is 0 Å². The Bertz CT molecular complexity index is 419. The summed E-state index contributed by atoms with van der Waals surface area (Å²) in [6.45, 7) is 6.43. The van der Waals surface area contributed by atoms with Crippen molar-refractivity contribution in [3.05, 3.63) is 21.9 Å². The fourth-order valence-electron chi connectivity index (χ4n) is 1.92. The first-order valence-corrected chi connectivity index (χ1v) is 6.71. The second-order valence-corrected chi connectivity index (χ2v) is 5.36. The van der Waals surface area contributed by atoms with Crippen molar-refractivity contribution in [2.45, 2.75) is 19.6 Å². The van der Waals surface area contributed by atoms with Gasteiger partial charge in [-0.15, -0.1) is 11.3 Å². The van der Waals surface area contributed by atoms with E-state index < -0.39 is 0 Å². The van der Waals surface area contributed by atoms with Crippen molar-refractivity contribution >= 4 is 11.3 Å². The van der Waals surface area contributed by atoms with Crippen molar-refractivity contribution in [2.24, 2.45) is 5.73 Å². The van der Waals surface area contributed by atoms with Gasteiger partial charge in [-0.3, -0.25) is 4.90 Å². The first-order valence-electron chi connectivity index (χ1n) is 5.89. The molecular weight excluding hydrogens is 232 g/mol. The average Bonchev–Trinajstić information content (AvgIpc) is 2.74. The molecule has 1 atom stereocenters. The Labute approximate surface area is 107 Å². The number of hydrogen-bond acceptors (Lipinski definition) is 4. The molecule has 1 unspecified atom stereocenters. The van der Waals surface area contributed by atoms with Crippen molar-refractivity contribution < 1.29 is 4.74 Å². The van der Waals surface area contributed by atoms with Gasteiger partial charge in [0, 0.05) is 24.5 Å². The lowest BCUT2D eigenvalue weighted by Crippen LogP contribution is -2.40. The van der Waals surface area contributed by atoms with Crippen LogP contribution in [0.5, 0.6) is 0 Å². The summed E-state index contributed by atoms with van der Waals surface area (Å²) in [5.74, 6) is 5.95. The first-order chi connectivity index (χ1) is 8.28. The van der Waals surface area contributed by atoms with E-state index in [9.17, 15) is 0 Å². The maximum absolute atomic E-state index is 5.53. The number of ether oxygens (including phenoxy) is 1.